The number of likely N-dealkylation sites (tertiary alicyclic amines) is 1. The van der Waals surface area contributed by atoms with Crippen molar-refractivity contribution >= 4 is 11.9 Å². The van der Waals surface area contributed by atoms with E-state index in [1.807, 2.05) is 42.5 Å². The summed E-state index contributed by atoms with van der Waals surface area (Å²) in [7, 11) is 4.94. The van der Waals surface area contributed by atoms with Crippen LogP contribution < -0.4 is 9.47 Å². The standard InChI is InChI=1S/C27H35N3O5/c1-33-17-5-14-30-26(32)29(20-21-8-10-23(34-2)11-9-21)25(31)27(30)12-15-28(16-13-27)19-22-6-4-7-24(18-22)35-3/h4,6-11,18H,5,12-17,19-20H2,1-3H3. The third-order valence-electron chi connectivity index (χ3n) is 7.08. The first kappa shape index (κ1) is 25.0. The Morgan fingerprint density at radius 2 is 1.57 bits per heavy atom. The van der Waals surface area contributed by atoms with Crippen LogP contribution in [0.1, 0.15) is 30.4 Å². The van der Waals surface area contributed by atoms with Crippen LogP contribution in [0.4, 0.5) is 4.79 Å². The van der Waals surface area contributed by atoms with Crippen LogP contribution in [0, 0.1) is 0 Å². The van der Waals surface area contributed by atoms with Crippen LogP contribution in [0.3, 0.4) is 0 Å². The number of carbonyl (C=O) groups is 2. The molecule has 0 radical (unpaired) electrons. The Morgan fingerprint density at radius 1 is 0.857 bits per heavy atom. The van der Waals surface area contributed by atoms with Gasteiger partial charge in [0.15, 0.2) is 0 Å². The summed E-state index contributed by atoms with van der Waals surface area (Å²) in [6.45, 7) is 3.59. The van der Waals surface area contributed by atoms with Gasteiger partial charge in [0, 0.05) is 39.9 Å². The number of urea groups is 1. The molecule has 8 nitrogen and oxygen atoms in total. The Labute approximate surface area is 207 Å². The Kier molecular flexibility index (Phi) is 7.93. The number of piperidine rings is 1. The van der Waals surface area contributed by atoms with Gasteiger partial charge in [0.25, 0.3) is 5.91 Å². The lowest BCUT2D eigenvalue weighted by molar-refractivity contribution is -0.136. The van der Waals surface area contributed by atoms with Crippen molar-refractivity contribution in [3.05, 3.63) is 59.7 Å². The van der Waals surface area contributed by atoms with E-state index in [-0.39, 0.29) is 18.5 Å². The summed E-state index contributed by atoms with van der Waals surface area (Å²) in [5.74, 6) is 1.50. The number of carbonyl (C=O) groups excluding carboxylic acids is 2. The maximum Gasteiger partial charge on any atom is 0.327 e. The van der Waals surface area contributed by atoms with Crippen molar-refractivity contribution in [2.75, 3.05) is 47.6 Å². The van der Waals surface area contributed by atoms with Crippen molar-refractivity contribution < 1.29 is 23.8 Å². The molecule has 2 saturated heterocycles. The summed E-state index contributed by atoms with van der Waals surface area (Å²) in [5, 5.41) is 0. The van der Waals surface area contributed by atoms with Gasteiger partial charge in [-0.25, -0.2) is 4.79 Å². The van der Waals surface area contributed by atoms with Crippen LogP contribution in [-0.2, 0) is 22.6 Å². The van der Waals surface area contributed by atoms with Gasteiger partial charge in [0.2, 0.25) is 0 Å². The molecule has 2 aliphatic rings. The average molecular weight is 482 g/mol. The lowest BCUT2D eigenvalue weighted by Crippen LogP contribution is -2.56. The van der Waals surface area contributed by atoms with E-state index in [2.05, 4.69) is 11.0 Å². The molecule has 2 aromatic carbocycles. The van der Waals surface area contributed by atoms with Crippen LogP contribution in [-0.4, -0.2) is 79.7 Å². The van der Waals surface area contributed by atoms with E-state index in [4.69, 9.17) is 14.2 Å². The van der Waals surface area contributed by atoms with Crippen LogP contribution in [0.5, 0.6) is 11.5 Å². The van der Waals surface area contributed by atoms with E-state index in [0.29, 0.717) is 32.4 Å². The SMILES string of the molecule is COCCCN1C(=O)N(Cc2ccc(OC)cc2)C(=O)C12CCN(Cc1cccc(OC)c1)CC2. The fourth-order valence-corrected chi connectivity index (χ4v) is 5.11. The van der Waals surface area contributed by atoms with E-state index in [1.165, 1.54) is 10.5 Å². The molecule has 3 amide bonds. The summed E-state index contributed by atoms with van der Waals surface area (Å²) >= 11 is 0. The number of imide groups is 1. The zero-order chi connectivity index (χ0) is 24.8. The quantitative estimate of drug-likeness (QED) is 0.382. The minimum absolute atomic E-state index is 0.0863. The van der Waals surface area contributed by atoms with Crippen LogP contribution in [0.15, 0.2) is 48.5 Å². The highest BCUT2D eigenvalue weighted by Gasteiger charge is 2.57. The predicted molar refractivity (Wildman–Crippen MR) is 132 cm³/mol. The van der Waals surface area contributed by atoms with E-state index in [1.54, 1.807) is 26.2 Å². The third kappa shape index (κ3) is 5.28. The molecule has 2 aliphatic heterocycles. The van der Waals surface area contributed by atoms with Gasteiger partial charge in [-0.15, -0.1) is 0 Å². The molecule has 2 heterocycles. The summed E-state index contributed by atoms with van der Waals surface area (Å²) < 4.78 is 15.8. The van der Waals surface area contributed by atoms with Gasteiger partial charge in [-0.1, -0.05) is 24.3 Å². The highest BCUT2D eigenvalue weighted by Crippen LogP contribution is 2.38. The van der Waals surface area contributed by atoms with Gasteiger partial charge >= 0.3 is 6.03 Å². The third-order valence-corrected chi connectivity index (χ3v) is 7.08. The fourth-order valence-electron chi connectivity index (χ4n) is 5.11. The van der Waals surface area contributed by atoms with Crippen LogP contribution in [0.25, 0.3) is 0 Å². The van der Waals surface area contributed by atoms with E-state index in [9.17, 15) is 9.59 Å². The fraction of sp³-hybridized carbons (Fsp3) is 0.481. The summed E-state index contributed by atoms with van der Waals surface area (Å²) in [5.41, 5.74) is 1.28. The number of rotatable bonds is 10. The summed E-state index contributed by atoms with van der Waals surface area (Å²) in [6.07, 6.45) is 1.93. The Morgan fingerprint density at radius 3 is 2.23 bits per heavy atom. The molecule has 0 aliphatic carbocycles. The summed E-state index contributed by atoms with van der Waals surface area (Å²) in [6, 6.07) is 15.4. The number of benzene rings is 2. The molecule has 0 saturated carbocycles. The monoisotopic (exact) mass is 481 g/mol. The molecule has 8 heteroatoms. The van der Waals surface area contributed by atoms with Gasteiger partial charge in [0.1, 0.15) is 17.0 Å². The van der Waals surface area contributed by atoms with E-state index >= 15 is 0 Å². The lowest BCUT2D eigenvalue weighted by Gasteiger charge is -2.42. The maximum absolute atomic E-state index is 13.8. The van der Waals surface area contributed by atoms with E-state index < -0.39 is 5.54 Å². The minimum atomic E-state index is -0.790. The highest BCUT2D eigenvalue weighted by molar-refractivity contribution is 6.07. The molecule has 2 fully saturated rings. The zero-order valence-corrected chi connectivity index (χ0v) is 20.9. The second kappa shape index (κ2) is 11.1. The highest BCUT2D eigenvalue weighted by atomic mass is 16.5. The number of ether oxygens (including phenoxy) is 3. The van der Waals surface area contributed by atoms with Gasteiger partial charge in [-0.2, -0.15) is 0 Å². The summed E-state index contributed by atoms with van der Waals surface area (Å²) in [4.78, 5) is 32.9. The maximum atomic E-state index is 13.8. The molecular formula is C27H35N3O5. The Bertz CT molecular complexity index is 1020. The van der Waals surface area contributed by atoms with Crippen LogP contribution in [0.2, 0.25) is 0 Å². The van der Waals surface area contributed by atoms with Crippen molar-refractivity contribution in [3.63, 3.8) is 0 Å². The number of nitrogens with zero attached hydrogens (tertiary/aromatic N) is 3. The lowest BCUT2D eigenvalue weighted by atomic mass is 9.85. The molecule has 0 aromatic heterocycles. The topological polar surface area (TPSA) is 71.6 Å². The number of hydrogen-bond acceptors (Lipinski definition) is 6. The molecule has 0 bridgehead atoms. The van der Waals surface area contributed by atoms with Crippen molar-refractivity contribution in [3.8, 4) is 11.5 Å². The molecule has 35 heavy (non-hydrogen) atoms. The smallest absolute Gasteiger partial charge is 0.327 e. The van der Waals surface area contributed by atoms with Crippen molar-refractivity contribution in [2.24, 2.45) is 0 Å². The second-order valence-corrected chi connectivity index (χ2v) is 9.18. The first-order valence-corrected chi connectivity index (χ1v) is 12.1. The van der Waals surface area contributed by atoms with Gasteiger partial charge in [-0.05, 0) is 54.7 Å². The molecule has 0 unspecified atom stereocenters. The normalized spacial score (nSPS) is 17.9. The van der Waals surface area contributed by atoms with Gasteiger partial charge < -0.3 is 19.1 Å². The average Bonchev–Trinajstić information content (AvgIpc) is 3.07. The largest absolute Gasteiger partial charge is 0.497 e. The number of methoxy groups -OCH3 is 3. The first-order valence-electron chi connectivity index (χ1n) is 12.1. The number of hydrogen-bond donors (Lipinski definition) is 0. The van der Waals surface area contributed by atoms with Gasteiger partial charge in [0.05, 0.1) is 20.8 Å². The predicted octanol–water partition coefficient (Wildman–Crippen LogP) is 3.54. The zero-order valence-electron chi connectivity index (χ0n) is 20.9. The molecule has 188 valence electrons. The van der Waals surface area contributed by atoms with E-state index in [0.717, 1.165) is 36.7 Å². The van der Waals surface area contributed by atoms with Crippen molar-refractivity contribution in [1.29, 1.82) is 0 Å². The van der Waals surface area contributed by atoms with Crippen molar-refractivity contribution in [2.45, 2.75) is 37.9 Å². The Hall–Kier alpha value is -3.10. The molecular weight excluding hydrogens is 446 g/mol. The minimum Gasteiger partial charge on any atom is -0.497 e. The Balaban J connectivity index is 1.49. The molecule has 2 aromatic rings. The number of amides is 3. The molecule has 0 N–H and O–H groups in total. The first-order chi connectivity index (χ1) is 17.0. The van der Waals surface area contributed by atoms with Crippen LogP contribution >= 0.6 is 0 Å². The molecule has 4 rings (SSSR count). The molecule has 1 spiro atoms. The molecule has 0 atom stereocenters. The second-order valence-electron chi connectivity index (χ2n) is 9.18. The van der Waals surface area contributed by atoms with Crippen molar-refractivity contribution in [1.82, 2.24) is 14.7 Å². The van der Waals surface area contributed by atoms with Gasteiger partial charge in [-0.3, -0.25) is 14.6 Å².